The molecule has 6 heteroatoms. The number of fused-ring (bicyclic) bond motifs is 2. The number of halogens is 1. The van der Waals surface area contributed by atoms with Gasteiger partial charge in [-0.05, 0) is 42.2 Å². The molecule has 0 N–H and O–H groups in total. The van der Waals surface area contributed by atoms with Crippen molar-refractivity contribution in [1.29, 1.82) is 0 Å². The second kappa shape index (κ2) is 6.02. The maximum Gasteiger partial charge on any atom is 0.260 e. The largest absolute Gasteiger partial charge is 0.349 e. The Morgan fingerprint density at radius 1 is 1.12 bits per heavy atom. The summed E-state index contributed by atoms with van der Waals surface area (Å²) in [5, 5.41) is 1.17. The number of aryl methyl sites for hydroxylation is 3. The molecular formula is C20H20ClN3O2. The van der Waals surface area contributed by atoms with Crippen molar-refractivity contribution in [3.05, 3.63) is 68.2 Å². The Morgan fingerprint density at radius 3 is 2.65 bits per heavy atom. The third kappa shape index (κ3) is 2.54. The zero-order valence-electron chi connectivity index (χ0n) is 15.0. The average molecular weight is 370 g/mol. The van der Waals surface area contributed by atoms with Gasteiger partial charge in [-0.25, -0.2) is 0 Å². The molecule has 3 aromatic rings. The first-order valence-electron chi connectivity index (χ1n) is 8.58. The molecule has 26 heavy (non-hydrogen) atoms. The fourth-order valence-corrected chi connectivity index (χ4v) is 4.13. The Morgan fingerprint density at radius 2 is 1.88 bits per heavy atom. The molecule has 0 atom stereocenters. The van der Waals surface area contributed by atoms with Crippen LogP contribution in [0.3, 0.4) is 0 Å². The van der Waals surface area contributed by atoms with Crippen LogP contribution >= 0.6 is 11.6 Å². The Bertz CT molecular complexity index is 1110. The lowest BCUT2D eigenvalue weighted by molar-refractivity contribution is 0.0736. The van der Waals surface area contributed by atoms with Crippen LogP contribution in [0.15, 0.2) is 35.4 Å². The summed E-state index contributed by atoms with van der Waals surface area (Å²) in [6.45, 7) is 3.10. The molecule has 0 saturated carbocycles. The predicted octanol–water partition coefficient (Wildman–Crippen LogP) is 3.04. The molecule has 2 aromatic heterocycles. The zero-order valence-corrected chi connectivity index (χ0v) is 15.8. The number of rotatable bonds is 1. The number of hydrogen-bond acceptors (Lipinski definition) is 2. The molecule has 0 aliphatic carbocycles. The van der Waals surface area contributed by atoms with E-state index in [2.05, 4.69) is 0 Å². The molecule has 3 heterocycles. The van der Waals surface area contributed by atoms with E-state index in [-0.39, 0.29) is 11.5 Å². The van der Waals surface area contributed by atoms with E-state index in [1.54, 1.807) is 28.9 Å². The molecule has 1 aliphatic rings. The zero-order chi connectivity index (χ0) is 18.6. The number of carbonyl (C=O) groups is 1. The van der Waals surface area contributed by atoms with Crippen molar-refractivity contribution >= 4 is 28.4 Å². The second-order valence-electron chi connectivity index (χ2n) is 7.00. The number of hydrogen-bond donors (Lipinski definition) is 0. The quantitative estimate of drug-likeness (QED) is 0.662. The minimum atomic E-state index is -0.144. The van der Waals surface area contributed by atoms with Crippen LogP contribution in [0.5, 0.6) is 0 Å². The Balaban J connectivity index is 1.79. The van der Waals surface area contributed by atoms with Gasteiger partial charge < -0.3 is 14.0 Å². The molecule has 0 spiro atoms. The number of amides is 1. The molecule has 134 valence electrons. The number of carbonyl (C=O) groups excluding carboxylic acids is 1. The third-order valence-corrected chi connectivity index (χ3v) is 5.41. The van der Waals surface area contributed by atoms with Crippen LogP contribution in [0.4, 0.5) is 0 Å². The average Bonchev–Trinajstić information content (AvgIpc) is 2.96. The van der Waals surface area contributed by atoms with Gasteiger partial charge in [0.1, 0.15) is 0 Å². The molecule has 5 nitrogen and oxygen atoms in total. The Hall–Kier alpha value is -2.53. The number of aromatic nitrogens is 2. The smallest absolute Gasteiger partial charge is 0.260 e. The minimum absolute atomic E-state index is 0.107. The molecule has 0 saturated heterocycles. The lowest BCUT2D eigenvalue weighted by Crippen LogP contribution is -2.36. The molecule has 1 aliphatic heterocycles. The fraction of sp³-hybridized carbons (Fsp3) is 0.300. The first kappa shape index (κ1) is 16.9. The van der Waals surface area contributed by atoms with Crippen molar-refractivity contribution in [2.45, 2.75) is 19.9 Å². The van der Waals surface area contributed by atoms with Crippen molar-refractivity contribution < 1.29 is 4.79 Å². The topological polar surface area (TPSA) is 47.2 Å². The normalized spacial score (nSPS) is 13.9. The van der Waals surface area contributed by atoms with E-state index >= 15 is 0 Å². The molecule has 0 fully saturated rings. The van der Waals surface area contributed by atoms with Gasteiger partial charge >= 0.3 is 0 Å². The van der Waals surface area contributed by atoms with E-state index in [4.69, 9.17) is 11.6 Å². The van der Waals surface area contributed by atoms with Crippen LogP contribution in [-0.2, 0) is 27.1 Å². The summed E-state index contributed by atoms with van der Waals surface area (Å²) in [7, 11) is 3.59. The monoisotopic (exact) mass is 369 g/mol. The van der Waals surface area contributed by atoms with Crippen LogP contribution in [-0.4, -0.2) is 26.5 Å². The van der Waals surface area contributed by atoms with Crippen LogP contribution in [0.2, 0.25) is 5.02 Å². The van der Waals surface area contributed by atoms with Crippen LogP contribution in [0.25, 0.3) is 10.9 Å². The van der Waals surface area contributed by atoms with E-state index in [0.717, 1.165) is 23.1 Å². The molecule has 0 unspecified atom stereocenters. The predicted molar refractivity (Wildman–Crippen MR) is 103 cm³/mol. The van der Waals surface area contributed by atoms with Crippen molar-refractivity contribution in [1.82, 2.24) is 14.0 Å². The highest BCUT2D eigenvalue weighted by Crippen LogP contribution is 2.26. The van der Waals surface area contributed by atoms with E-state index in [0.29, 0.717) is 29.1 Å². The highest BCUT2D eigenvalue weighted by Gasteiger charge is 2.26. The summed E-state index contributed by atoms with van der Waals surface area (Å²) in [5.74, 6) is -0.107. The minimum Gasteiger partial charge on any atom is -0.349 e. The maximum absolute atomic E-state index is 13.2. The summed E-state index contributed by atoms with van der Waals surface area (Å²) >= 11 is 6.11. The summed E-state index contributed by atoms with van der Waals surface area (Å²) < 4.78 is 3.41. The van der Waals surface area contributed by atoms with Gasteiger partial charge in [0.2, 0.25) is 0 Å². The number of benzene rings is 1. The lowest BCUT2D eigenvalue weighted by Gasteiger charge is -2.29. The molecule has 0 radical (unpaired) electrons. The van der Waals surface area contributed by atoms with Crippen LogP contribution in [0.1, 0.15) is 27.0 Å². The van der Waals surface area contributed by atoms with Gasteiger partial charge in [-0.2, -0.15) is 0 Å². The van der Waals surface area contributed by atoms with Crippen LogP contribution in [0, 0.1) is 6.92 Å². The fourth-order valence-electron chi connectivity index (χ4n) is 3.94. The Kier molecular flexibility index (Phi) is 3.92. The van der Waals surface area contributed by atoms with Gasteiger partial charge in [0.05, 0.1) is 16.5 Å². The standard InChI is InChI=1S/C20H20ClN3O2/c1-12-9-23(3)20(26)17-16(11-22(2)18(12)17)19(25)24-7-6-13-4-5-15(21)8-14(13)10-24/h4-5,8-9,11H,6-7,10H2,1-3H3. The van der Waals surface area contributed by atoms with Gasteiger partial charge in [-0.15, -0.1) is 0 Å². The number of pyridine rings is 1. The highest BCUT2D eigenvalue weighted by molar-refractivity contribution is 6.30. The first-order chi connectivity index (χ1) is 12.4. The number of nitrogens with zero attached hydrogens (tertiary/aromatic N) is 3. The summed E-state index contributed by atoms with van der Waals surface area (Å²) in [4.78, 5) is 27.7. The van der Waals surface area contributed by atoms with Crippen molar-refractivity contribution in [2.24, 2.45) is 14.1 Å². The Labute approximate surface area is 156 Å². The van der Waals surface area contributed by atoms with Crippen molar-refractivity contribution in [3.63, 3.8) is 0 Å². The van der Waals surface area contributed by atoms with E-state index in [1.165, 1.54) is 5.56 Å². The van der Waals surface area contributed by atoms with Crippen molar-refractivity contribution in [2.75, 3.05) is 6.54 Å². The van der Waals surface area contributed by atoms with Gasteiger partial charge in [-0.1, -0.05) is 17.7 Å². The van der Waals surface area contributed by atoms with Gasteiger partial charge in [0.25, 0.3) is 11.5 Å². The van der Waals surface area contributed by atoms with E-state index in [1.807, 2.05) is 36.7 Å². The van der Waals surface area contributed by atoms with Crippen LogP contribution < -0.4 is 5.56 Å². The maximum atomic E-state index is 13.2. The molecule has 4 rings (SSSR count). The second-order valence-corrected chi connectivity index (χ2v) is 7.43. The summed E-state index contributed by atoms with van der Waals surface area (Å²) in [6, 6.07) is 5.83. The third-order valence-electron chi connectivity index (χ3n) is 5.17. The van der Waals surface area contributed by atoms with E-state index < -0.39 is 0 Å². The molecule has 0 bridgehead atoms. The van der Waals surface area contributed by atoms with Gasteiger partial charge in [0.15, 0.2) is 0 Å². The summed E-state index contributed by atoms with van der Waals surface area (Å²) in [6.07, 6.45) is 4.37. The lowest BCUT2D eigenvalue weighted by atomic mass is 9.99. The molecule has 1 aromatic carbocycles. The SMILES string of the molecule is Cc1cn(C)c(=O)c2c(C(=O)N3CCc4ccc(Cl)cc4C3)cn(C)c12. The van der Waals surface area contributed by atoms with Gasteiger partial charge in [-0.3, -0.25) is 9.59 Å². The molecule has 1 amide bonds. The summed E-state index contributed by atoms with van der Waals surface area (Å²) in [5.41, 5.74) is 4.41. The van der Waals surface area contributed by atoms with E-state index in [9.17, 15) is 9.59 Å². The van der Waals surface area contributed by atoms with Crippen molar-refractivity contribution in [3.8, 4) is 0 Å². The molecular weight excluding hydrogens is 350 g/mol. The first-order valence-corrected chi connectivity index (χ1v) is 8.96. The highest BCUT2D eigenvalue weighted by atomic mass is 35.5. The van der Waals surface area contributed by atoms with Gasteiger partial charge in [0, 0.05) is 44.6 Å².